The average molecular weight is 281 g/mol. The van der Waals surface area contributed by atoms with Crippen LogP contribution >= 0.6 is 0 Å². The minimum Gasteiger partial charge on any atom is -0.337 e. The zero-order valence-corrected chi connectivity index (χ0v) is 12.4. The molecule has 1 atom stereocenters. The molecule has 0 radical (unpaired) electrons. The van der Waals surface area contributed by atoms with E-state index < -0.39 is 0 Å². The van der Waals surface area contributed by atoms with Gasteiger partial charge in [-0.3, -0.25) is 0 Å². The zero-order valence-electron chi connectivity index (χ0n) is 12.4. The molecule has 1 unspecified atom stereocenters. The fraction of sp³-hybridized carbons (Fsp3) is 0.389. The highest BCUT2D eigenvalue weighted by Crippen LogP contribution is 2.24. The smallest absolute Gasteiger partial charge is 0.0945 e. The van der Waals surface area contributed by atoms with E-state index in [1.165, 1.54) is 30.4 Å². The molecule has 0 amide bonds. The van der Waals surface area contributed by atoms with Crippen molar-refractivity contribution in [3.63, 3.8) is 0 Å². The summed E-state index contributed by atoms with van der Waals surface area (Å²) in [6, 6.07) is 11.4. The monoisotopic (exact) mass is 281 g/mol. The van der Waals surface area contributed by atoms with Crippen LogP contribution < -0.4 is 5.32 Å². The first kappa shape index (κ1) is 14.1. The van der Waals surface area contributed by atoms with Crippen LogP contribution in [-0.2, 0) is 6.54 Å². The van der Waals surface area contributed by atoms with E-state index in [9.17, 15) is 0 Å². The molecule has 0 bridgehead atoms. The van der Waals surface area contributed by atoms with Crippen LogP contribution in [0.2, 0.25) is 0 Å². The molecule has 3 rings (SSSR count). The van der Waals surface area contributed by atoms with Crippen LogP contribution in [0, 0.1) is 0 Å². The molecule has 0 fully saturated rings. The van der Waals surface area contributed by atoms with Gasteiger partial charge in [-0.15, -0.1) is 0 Å². The second-order valence-electron chi connectivity index (χ2n) is 5.70. The van der Waals surface area contributed by atoms with Gasteiger partial charge >= 0.3 is 0 Å². The number of imidazole rings is 1. The number of aromatic nitrogens is 2. The highest BCUT2D eigenvalue weighted by atomic mass is 15.0. The second kappa shape index (κ2) is 7.23. The van der Waals surface area contributed by atoms with Crippen molar-refractivity contribution in [1.29, 1.82) is 0 Å². The van der Waals surface area contributed by atoms with Crippen LogP contribution in [0.1, 0.15) is 31.2 Å². The van der Waals surface area contributed by atoms with Gasteiger partial charge in [0.15, 0.2) is 0 Å². The highest BCUT2D eigenvalue weighted by Gasteiger charge is 2.15. The molecule has 1 aliphatic heterocycles. The lowest BCUT2D eigenvalue weighted by Gasteiger charge is -2.24. The molecular weight excluding hydrogens is 258 g/mol. The maximum absolute atomic E-state index is 4.08. The lowest BCUT2D eigenvalue weighted by molar-refractivity contribution is 0.464. The van der Waals surface area contributed by atoms with Gasteiger partial charge in [0, 0.05) is 31.5 Å². The van der Waals surface area contributed by atoms with Crippen molar-refractivity contribution >= 4 is 5.57 Å². The van der Waals surface area contributed by atoms with Crippen LogP contribution in [0.25, 0.3) is 5.57 Å². The van der Waals surface area contributed by atoms with Crippen molar-refractivity contribution in [3.8, 4) is 0 Å². The lowest BCUT2D eigenvalue weighted by atomic mass is 9.93. The average Bonchev–Trinajstić information content (AvgIpc) is 3.06. The Morgan fingerprint density at radius 3 is 2.90 bits per heavy atom. The number of benzene rings is 1. The zero-order chi connectivity index (χ0) is 14.3. The van der Waals surface area contributed by atoms with Crippen LogP contribution in [0.3, 0.4) is 0 Å². The molecule has 0 saturated carbocycles. The van der Waals surface area contributed by atoms with E-state index >= 15 is 0 Å². The molecule has 110 valence electrons. The summed E-state index contributed by atoms with van der Waals surface area (Å²) in [6.07, 6.45) is 13.0. The van der Waals surface area contributed by atoms with Crippen molar-refractivity contribution in [2.24, 2.45) is 0 Å². The summed E-state index contributed by atoms with van der Waals surface area (Å²) in [5.41, 5.74) is 2.87. The summed E-state index contributed by atoms with van der Waals surface area (Å²) in [7, 11) is 0. The second-order valence-corrected chi connectivity index (χ2v) is 5.70. The predicted molar refractivity (Wildman–Crippen MR) is 86.9 cm³/mol. The summed E-state index contributed by atoms with van der Waals surface area (Å²) in [5.74, 6) is 0. The summed E-state index contributed by atoms with van der Waals surface area (Å²) in [4.78, 5) is 4.08. The van der Waals surface area contributed by atoms with Crippen LogP contribution in [0.5, 0.6) is 0 Å². The number of nitrogens with zero attached hydrogens (tertiary/aromatic N) is 2. The van der Waals surface area contributed by atoms with Crippen LogP contribution in [-0.4, -0.2) is 22.1 Å². The molecule has 2 aromatic rings. The molecule has 1 aromatic heterocycles. The molecule has 0 aliphatic carbocycles. The standard InChI is InChI=1S/C18H23N3/c1-2-6-16(7-3-1)17-9-10-20-18(14-17)8-4-5-12-21-13-11-19-15-21/h1-3,6-7,9,11,13,15,18,20H,4-5,8,10,12,14H2. The van der Waals surface area contributed by atoms with Crippen LogP contribution in [0.4, 0.5) is 0 Å². The molecule has 0 saturated heterocycles. The topological polar surface area (TPSA) is 29.9 Å². The predicted octanol–water partition coefficient (Wildman–Crippen LogP) is 3.50. The maximum Gasteiger partial charge on any atom is 0.0945 e. The largest absolute Gasteiger partial charge is 0.337 e. The minimum absolute atomic E-state index is 0.619. The van der Waals surface area contributed by atoms with Crippen molar-refractivity contribution in [2.45, 2.75) is 38.3 Å². The third-order valence-corrected chi connectivity index (χ3v) is 4.14. The summed E-state index contributed by atoms with van der Waals surface area (Å²) < 4.78 is 2.16. The Bertz CT molecular complexity index is 557. The van der Waals surface area contributed by atoms with E-state index in [1.807, 2.05) is 18.7 Å². The number of nitrogens with one attached hydrogen (secondary N) is 1. The van der Waals surface area contributed by atoms with Gasteiger partial charge in [-0.05, 0) is 30.4 Å². The van der Waals surface area contributed by atoms with Gasteiger partial charge in [0.25, 0.3) is 0 Å². The first-order valence-corrected chi connectivity index (χ1v) is 7.85. The van der Waals surface area contributed by atoms with E-state index in [4.69, 9.17) is 0 Å². The Kier molecular flexibility index (Phi) is 4.85. The van der Waals surface area contributed by atoms with E-state index in [0.29, 0.717) is 6.04 Å². The molecular formula is C18H23N3. The van der Waals surface area contributed by atoms with Crippen molar-refractivity contribution in [2.75, 3.05) is 6.54 Å². The first-order chi connectivity index (χ1) is 10.4. The van der Waals surface area contributed by atoms with E-state index in [2.05, 4.69) is 51.3 Å². The lowest BCUT2D eigenvalue weighted by Crippen LogP contribution is -2.32. The molecule has 1 aromatic carbocycles. The van der Waals surface area contributed by atoms with E-state index in [-0.39, 0.29) is 0 Å². The third-order valence-electron chi connectivity index (χ3n) is 4.14. The fourth-order valence-electron chi connectivity index (χ4n) is 2.97. The highest BCUT2D eigenvalue weighted by molar-refractivity contribution is 5.66. The van der Waals surface area contributed by atoms with Gasteiger partial charge in [0.05, 0.1) is 6.33 Å². The molecule has 0 spiro atoms. The van der Waals surface area contributed by atoms with Gasteiger partial charge in [-0.1, -0.05) is 42.8 Å². The maximum atomic E-state index is 4.08. The van der Waals surface area contributed by atoms with Gasteiger partial charge in [0.2, 0.25) is 0 Å². The van der Waals surface area contributed by atoms with Gasteiger partial charge in [-0.2, -0.15) is 0 Å². The fourth-order valence-corrected chi connectivity index (χ4v) is 2.97. The molecule has 2 heterocycles. The van der Waals surface area contributed by atoms with Gasteiger partial charge in [0.1, 0.15) is 0 Å². The molecule has 21 heavy (non-hydrogen) atoms. The van der Waals surface area contributed by atoms with Crippen molar-refractivity contribution in [1.82, 2.24) is 14.9 Å². The van der Waals surface area contributed by atoms with E-state index in [1.54, 1.807) is 0 Å². The molecule has 3 nitrogen and oxygen atoms in total. The van der Waals surface area contributed by atoms with Crippen molar-refractivity contribution < 1.29 is 0 Å². The minimum atomic E-state index is 0.619. The third kappa shape index (κ3) is 4.05. The normalized spacial score (nSPS) is 18.5. The summed E-state index contributed by atoms with van der Waals surface area (Å²) in [5, 5.41) is 3.62. The Morgan fingerprint density at radius 1 is 1.19 bits per heavy atom. The number of unbranched alkanes of at least 4 members (excludes halogenated alkanes) is 1. The molecule has 1 aliphatic rings. The molecule has 3 heteroatoms. The van der Waals surface area contributed by atoms with Gasteiger partial charge < -0.3 is 9.88 Å². The first-order valence-electron chi connectivity index (χ1n) is 7.85. The quantitative estimate of drug-likeness (QED) is 0.821. The van der Waals surface area contributed by atoms with Gasteiger partial charge in [-0.25, -0.2) is 4.98 Å². The number of hydrogen-bond acceptors (Lipinski definition) is 2. The number of rotatable bonds is 6. The number of aryl methyl sites for hydroxylation is 1. The molecule has 1 N–H and O–H groups in total. The summed E-state index contributed by atoms with van der Waals surface area (Å²) >= 11 is 0. The van der Waals surface area contributed by atoms with Crippen LogP contribution in [0.15, 0.2) is 55.1 Å². The Morgan fingerprint density at radius 2 is 2.10 bits per heavy atom. The Hall–Kier alpha value is -1.87. The number of hydrogen-bond donors (Lipinski definition) is 1. The summed E-state index contributed by atoms with van der Waals surface area (Å²) in [6.45, 7) is 2.07. The van der Waals surface area contributed by atoms with Crippen molar-refractivity contribution in [3.05, 3.63) is 60.7 Å². The van der Waals surface area contributed by atoms with E-state index in [0.717, 1.165) is 19.5 Å². The Balaban J connectivity index is 1.44. The SMILES string of the molecule is C1=C(c2ccccc2)CC(CCCCn2ccnc2)NC1. The Labute approximate surface area is 126 Å².